The molecular weight excluding hydrogens is 184 g/mol. The molecule has 0 saturated heterocycles. The second-order valence-corrected chi connectivity index (χ2v) is 1.82. The quantitative estimate of drug-likeness (QED) is 0.311. The second-order valence-electron chi connectivity index (χ2n) is 1.82. The van der Waals surface area contributed by atoms with E-state index in [1.165, 1.54) is 6.92 Å². The van der Waals surface area contributed by atoms with Crippen molar-refractivity contribution in [3.63, 3.8) is 0 Å². The summed E-state index contributed by atoms with van der Waals surface area (Å²) in [6, 6.07) is 0. The van der Waals surface area contributed by atoms with E-state index in [2.05, 4.69) is 14.5 Å². The minimum Gasteiger partial charge on any atom is -0.447 e. The lowest BCUT2D eigenvalue weighted by atomic mass is 10.7. The molecular formula is C6H10O7. The van der Waals surface area contributed by atoms with E-state index >= 15 is 0 Å². The number of carbonyl (C=O) groups is 2. The van der Waals surface area contributed by atoms with E-state index in [1.54, 1.807) is 6.92 Å². The number of rotatable bonds is 3. The third kappa shape index (κ3) is 6.88. The lowest BCUT2D eigenvalue weighted by Crippen LogP contribution is -2.19. The molecule has 0 aromatic heterocycles. The van der Waals surface area contributed by atoms with Crippen molar-refractivity contribution in [2.24, 2.45) is 0 Å². The Hall–Kier alpha value is -1.50. The van der Waals surface area contributed by atoms with Gasteiger partial charge >= 0.3 is 12.3 Å². The van der Waals surface area contributed by atoms with Crippen LogP contribution in [0, 0.1) is 0 Å². The summed E-state index contributed by atoms with van der Waals surface area (Å²) < 4.78 is 9.16. The van der Waals surface area contributed by atoms with Gasteiger partial charge in [-0.25, -0.2) is 9.68 Å². The van der Waals surface area contributed by atoms with Crippen LogP contribution in [0.15, 0.2) is 0 Å². The van der Waals surface area contributed by atoms with Crippen LogP contribution in [0.4, 0.5) is 9.59 Å². The second kappa shape index (κ2) is 6.06. The lowest BCUT2D eigenvalue weighted by Gasteiger charge is -2.10. The van der Waals surface area contributed by atoms with Gasteiger partial charge in [-0.15, -0.1) is 0 Å². The van der Waals surface area contributed by atoms with Gasteiger partial charge in [0.1, 0.15) is 0 Å². The minimum atomic E-state index is -1.74. The molecule has 0 amide bonds. The molecule has 0 fully saturated rings. The normalized spacial score (nSPS) is 11.5. The summed E-state index contributed by atoms with van der Waals surface area (Å²) in [6.07, 6.45) is -3.82. The third-order valence-electron chi connectivity index (χ3n) is 0.845. The van der Waals surface area contributed by atoms with Gasteiger partial charge in [-0.05, 0) is 13.8 Å². The number of hydrogen-bond donors (Lipinski definition) is 1. The third-order valence-corrected chi connectivity index (χ3v) is 0.845. The number of carbonyl (C=O) groups excluding carboxylic acids is 1. The van der Waals surface area contributed by atoms with Gasteiger partial charge in [0, 0.05) is 6.61 Å². The molecule has 76 valence electrons. The van der Waals surface area contributed by atoms with Gasteiger partial charge in [0.25, 0.3) is 0 Å². The van der Waals surface area contributed by atoms with Crippen molar-refractivity contribution in [3.05, 3.63) is 0 Å². The fourth-order valence-electron chi connectivity index (χ4n) is 0.494. The zero-order valence-electron chi connectivity index (χ0n) is 7.18. The maximum Gasteiger partial charge on any atom is 0.552 e. The van der Waals surface area contributed by atoms with Crippen molar-refractivity contribution in [2.75, 3.05) is 6.61 Å². The smallest absolute Gasteiger partial charge is 0.447 e. The molecule has 7 heteroatoms. The molecule has 0 aromatic carbocycles. The summed E-state index contributed by atoms with van der Waals surface area (Å²) in [7, 11) is 0. The Bertz CT molecular complexity index is 178. The van der Waals surface area contributed by atoms with E-state index in [-0.39, 0.29) is 0 Å². The van der Waals surface area contributed by atoms with Crippen LogP contribution >= 0.6 is 0 Å². The fraction of sp³-hybridized carbons (Fsp3) is 0.667. The molecule has 1 unspecified atom stereocenters. The van der Waals surface area contributed by atoms with Crippen molar-refractivity contribution >= 4 is 12.3 Å². The predicted molar refractivity (Wildman–Crippen MR) is 37.8 cm³/mol. The Morgan fingerprint density at radius 2 is 2.00 bits per heavy atom. The zero-order chi connectivity index (χ0) is 10.3. The highest BCUT2D eigenvalue weighted by atomic mass is 17.3. The molecule has 13 heavy (non-hydrogen) atoms. The molecule has 0 aliphatic carbocycles. The van der Waals surface area contributed by atoms with Crippen molar-refractivity contribution in [2.45, 2.75) is 20.1 Å². The van der Waals surface area contributed by atoms with E-state index in [0.29, 0.717) is 6.61 Å². The van der Waals surface area contributed by atoms with Gasteiger partial charge < -0.3 is 14.6 Å². The fourth-order valence-corrected chi connectivity index (χ4v) is 0.494. The van der Waals surface area contributed by atoms with Crippen LogP contribution in [-0.2, 0) is 19.2 Å². The summed E-state index contributed by atoms with van der Waals surface area (Å²) in [5.41, 5.74) is 0. The van der Waals surface area contributed by atoms with Crippen molar-refractivity contribution in [1.29, 1.82) is 0 Å². The highest BCUT2D eigenvalue weighted by molar-refractivity contribution is 5.62. The SMILES string of the molecule is CCOC(C)OC(=O)OOC(=O)O. The molecule has 0 spiro atoms. The molecule has 0 heterocycles. The average molecular weight is 194 g/mol. The van der Waals surface area contributed by atoms with Gasteiger partial charge in [-0.2, -0.15) is 9.68 Å². The number of carboxylic acid groups (broad SMARTS) is 1. The summed E-state index contributed by atoms with van der Waals surface area (Å²) in [5.74, 6) is 0. The predicted octanol–water partition coefficient (Wildman–Crippen LogP) is 1.13. The molecule has 0 radical (unpaired) electrons. The number of ether oxygens (including phenoxy) is 2. The summed E-state index contributed by atoms with van der Waals surface area (Å²) in [5, 5.41) is 7.91. The Balaban J connectivity index is 3.55. The molecule has 0 aliphatic heterocycles. The summed E-state index contributed by atoms with van der Waals surface area (Å²) in [4.78, 5) is 27.4. The Morgan fingerprint density at radius 1 is 1.38 bits per heavy atom. The monoisotopic (exact) mass is 194 g/mol. The van der Waals surface area contributed by atoms with Gasteiger partial charge in [-0.1, -0.05) is 0 Å². The van der Waals surface area contributed by atoms with Crippen LogP contribution in [-0.4, -0.2) is 30.3 Å². The van der Waals surface area contributed by atoms with E-state index in [9.17, 15) is 9.59 Å². The van der Waals surface area contributed by atoms with Crippen molar-refractivity contribution < 1.29 is 33.9 Å². The first-order valence-electron chi connectivity index (χ1n) is 3.46. The molecule has 0 aromatic rings. The first kappa shape index (κ1) is 11.5. The Morgan fingerprint density at radius 3 is 2.46 bits per heavy atom. The molecule has 1 N–H and O–H groups in total. The largest absolute Gasteiger partial charge is 0.552 e. The zero-order valence-corrected chi connectivity index (χ0v) is 7.18. The highest BCUT2D eigenvalue weighted by Crippen LogP contribution is 1.96. The van der Waals surface area contributed by atoms with Crippen LogP contribution < -0.4 is 0 Å². The molecule has 0 rings (SSSR count). The highest BCUT2D eigenvalue weighted by Gasteiger charge is 2.13. The van der Waals surface area contributed by atoms with E-state index in [1.807, 2.05) is 0 Å². The van der Waals surface area contributed by atoms with Crippen LogP contribution in [0.3, 0.4) is 0 Å². The van der Waals surface area contributed by atoms with Crippen LogP contribution in [0.2, 0.25) is 0 Å². The van der Waals surface area contributed by atoms with Gasteiger partial charge in [0.05, 0.1) is 0 Å². The topological polar surface area (TPSA) is 91.3 Å². The molecule has 1 atom stereocenters. The first-order chi connectivity index (χ1) is 6.06. The van der Waals surface area contributed by atoms with Gasteiger partial charge in [-0.3, -0.25) is 0 Å². The van der Waals surface area contributed by atoms with Crippen LogP contribution in [0.1, 0.15) is 13.8 Å². The van der Waals surface area contributed by atoms with Crippen LogP contribution in [0.5, 0.6) is 0 Å². The summed E-state index contributed by atoms with van der Waals surface area (Å²) in [6.45, 7) is 3.51. The molecule has 0 aliphatic rings. The molecule has 7 nitrogen and oxygen atoms in total. The Labute approximate surface area is 74.1 Å². The van der Waals surface area contributed by atoms with Crippen LogP contribution in [0.25, 0.3) is 0 Å². The molecule has 0 saturated carbocycles. The van der Waals surface area contributed by atoms with Crippen molar-refractivity contribution in [3.8, 4) is 0 Å². The summed E-state index contributed by atoms with van der Waals surface area (Å²) >= 11 is 0. The Kier molecular flexibility index (Phi) is 5.37. The minimum absolute atomic E-state index is 0.355. The first-order valence-corrected chi connectivity index (χ1v) is 3.46. The number of hydrogen-bond acceptors (Lipinski definition) is 6. The lowest BCUT2D eigenvalue weighted by molar-refractivity contribution is -0.230. The standard InChI is InChI=1S/C6H10O7/c1-3-10-4(2)11-6(9)13-12-5(7)8/h4H,3H2,1-2H3,(H,7,8). The maximum absolute atomic E-state index is 10.5. The average Bonchev–Trinajstić information content (AvgIpc) is 2.01. The van der Waals surface area contributed by atoms with Gasteiger partial charge in [0.15, 0.2) is 0 Å². The van der Waals surface area contributed by atoms with Gasteiger partial charge in [0.2, 0.25) is 6.29 Å². The maximum atomic E-state index is 10.5. The van der Waals surface area contributed by atoms with E-state index in [4.69, 9.17) is 9.84 Å². The van der Waals surface area contributed by atoms with Crippen molar-refractivity contribution in [1.82, 2.24) is 0 Å². The van der Waals surface area contributed by atoms with E-state index < -0.39 is 18.6 Å². The molecule has 0 bridgehead atoms. The van der Waals surface area contributed by atoms with E-state index in [0.717, 1.165) is 0 Å².